The number of fused-ring (bicyclic) bond motifs is 10. The molecule has 2 aliphatic heterocycles. The molecule has 2 saturated heterocycles. The van der Waals surface area contributed by atoms with Gasteiger partial charge in [0.25, 0.3) is 0 Å². The molecule has 8 unspecified atom stereocenters. The number of amides is 4. The predicted molar refractivity (Wildman–Crippen MR) is 242 cm³/mol. The average Bonchev–Trinajstić information content (AvgIpc) is 4.17. The fourth-order valence-electron chi connectivity index (χ4n) is 12.5. The molecule has 2 aromatic carbocycles. The molecular weight excluding hydrogens is 825 g/mol. The minimum absolute atomic E-state index is 0.120. The third-order valence-electron chi connectivity index (χ3n) is 15.5. The highest BCUT2D eigenvalue weighted by Gasteiger charge is 2.49. The van der Waals surface area contributed by atoms with Crippen LogP contribution in [-0.2, 0) is 23.9 Å². The van der Waals surface area contributed by atoms with Crippen molar-refractivity contribution in [2.75, 3.05) is 27.3 Å². The molecule has 0 radical (unpaired) electrons. The van der Waals surface area contributed by atoms with Crippen LogP contribution in [0.3, 0.4) is 0 Å². The summed E-state index contributed by atoms with van der Waals surface area (Å²) in [5.74, 6) is 1.76. The van der Waals surface area contributed by atoms with Gasteiger partial charge in [-0.15, -0.1) is 0 Å². The highest BCUT2D eigenvalue weighted by atomic mass is 16.5. The van der Waals surface area contributed by atoms with Gasteiger partial charge in [-0.25, -0.2) is 19.6 Å². The number of Topliss-reactive ketones (excluding diaryl/α,β-unsaturated/α-hetero) is 1. The van der Waals surface area contributed by atoms with Gasteiger partial charge in [-0.1, -0.05) is 52.0 Å². The van der Waals surface area contributed by atoms with E-state index in [0.29, 0.717) is 36.5 Å². The molecular formula is C50H60N8O7. The van der Waals surface area contributed by atoms with Crippen LogP contribution in [0, 0.1) is 11.8 Å². The topological polar surface area (TPSA) is 192 Å². The SMILES string of the molecule is COC(=O)NC(C(=O)N1CCCC1c1ncc(-c2ccc(-c3ccc(-c4cnc(C5CCCN5C(=O)C(NC(=O)OC)C(C)C)[nH]4)c4c3C3CCC4C3=O)c3c2C2CCC3C2)[nH]1)C(C)C. The minimum Gasteiger partial charge on any atom is -0.453 e. The highest BCUT2D eigenvalue weighted by Crippen LogP contribution is 2.61. The van der Waals surface area contributed by atoms with E-state index in [1.807, 2.05) is 49.9 Å². The quantitative estimate of drug-likeness (QED) is 0.115. The number of nitrogens with zero attached hydrogens (tertiary/aromatic N) is 4. The zero-order valence-electron chi connectivity index (χ0n) is 38.2. The molecule has 4 bridgehead atoms. The Hall–Kier alpha value is -5.99. The number of hydrogen-bond acceptors (Lipinski definition) is 9. The number of aromatic amines is 2. The summed E-state index contributed by atoms with van der Waals surface area (Å²) in [7, 11) is 2.60. The number of H-pyrrole nitrogens is 2. The molecule has 4 heterocycles. The molecule has 4 N–H and O–H groups in total. The van der Waals surface area contributed by atoms with E-state index in [1.54, 1.807) is 0 Å². The molecule has 2 aromatic heterocycles. The lowest BCUT2D eigenvalue weighted by Gasteiger charge is -2.30. The van der Waals surface area contributed by atoms with Crippen LogP contribution in [0.25, 0.3) is 33.6 Å². The van der Waals surface area contributed by atoms with Gasteiger partial charge < -0.3 is 39.9 Å². The number of rotatable bonds is 11. The van der Waals surface area contributed by atoms with Crippen molar-refractivity contribution in [2.24, 2.45) is 11.8 Å². The summed E-state index contributed by atoms with van der Waals surface area (Å²) in [6.45, 7) is 8.80. The largest absolute Gasteiger partial charge is 0.453 e. The predicted octanol–water partition coefficient (Wildman–Crippen LogP) is 8.13. The number of methoxy groups -OCH3 is 2. The van der Waals surface area contributed by atoms with Crippen molar-refractivity contribution in [1.29, 1.82) is 0 Å². The van der Waals surface area contributed by atoms with Crippen LogP contribution in [0.5, 0.6) is 0 Å². The summed E-state index contributed by atoms with van der Waals surface area (Å²) in [5.41, 5.74) is 11.3. The van der Waals surface area contributed by atoms with Crippen molar-refractivity contribution >= 4 is 29.8 Å². The Morgan fingerprint density at radius 1 is 0.615 bits per heavy atom. The van der Waals surface area contributed by atoms with Crippen molar-refractivity contribution in [3.8, 4) is 33.6 Å². The molecule has 342 valence electrons. The van der Waals surface area contributed by atoms with Gasteiger partial charge in [-0.3, -0.25) is 14.4 Å². The Labute approximate surface area is 379 Å². The number of aromatic nitrogens is 4. The van der Waals surface area contributed by atoms with E-state index in [1.165, 1.54) is 30.9 Å². The van der Waals surface area contributed by atoms with Gasteiger partial charge in [-0.05, 0) is 115 Å². The van der Waals surface area contributed by atoms with E-state index in [0.717, 1.165) is 103 Å². The van der Waals surface area contributed by atoms with Crippen molar-refractivity contribution in [2.45, 2.75) is 133 Å². The molecule has 6 aliphatic rings. The van der Waals surface area contributed by atoms with Gasteiger partial charge in [-0.2, -0.15) is 0 Å². The number of carbonyl (C=O) groups excluding carboxylic acids is 5. The monoisotopic (exact) mass is 884 g/mol. The number of likely N-dealkylation sites (tertiary alicyclic amines) is 2. The lowest BCUT2D eigenvalue weighted by Crippen LogP contribution is -2.51. The second kappa shape index (κ2) is 16.8. The lowest BCUT2D eigenvalue weighted by molar-refractivity contribution is -0.136. The maximum atomic E-state index is 14.1. The summed E-state index contributed by atoms with van der Waals surface area (Å²) in [6.07, 6.45) is 10.7. The molecule has 4 amide bonds. The van der Waals surface area contributed by atoms with Crippen molar-refractivity contribution in [1.82, 2.24) is 40.4 Å². The number of ether oxygens (including phenoxy) is 2. The summed E-state index contributed by atoms with van der Waals surface area (Å²) >= 11 is 0. The Morgan fingerprint density at radius 3 is 1.49 bits per heavy atom. The number of carbonyl (C=O) groups is 5. The van der Waals surface area contributed by atoms with E-state index < -0.39 is 24.3 Å². The van der Waals surface area contributed by atoms with Gasteiger partial charge >= 0.3 is 12.2 Å². The highest BCUT2D eigenvalue weighted by molar-refractivity contribution is 6.04. The van der Waals surface area contributed by atoms with E-state index >= 15 is 0 Å². The second-order valence-corrected chi connectivity index (χ2v) is 19.7. The zero-order chi connectivity index (χ0) is 45.4. The molecule has 15 nitrogen and oxygen atoms in total. The molecule has 65 heavy (non-hydrogen) atoms. The first-order valence-corrected chi connectivity index (χ1v) is 23.7. The normalized spacial score (nSPS) is 24.8. The first kappa shape index (κ1) is 42.9. The van der Waals surface area contributed by atoms with E-state index in [9.17, 15) is 24.0 Å². The fourth-order valence-corrected chi connectivity index (χ4v) is 12.5. The molecule has 4 fully saturated rings. The van der Waals surface area contributed by atoms with Gasteiger partial charge in [0.15, 0.2) is 0 Å². The van der Waals surface area contributed by atoms with Gasteiger partial charge in [0.1, 0.15) is 29.5 Å². The second-order valence-electron chi connectivity index (χ2n) is 19.7. The number of hydrogen-bond donors (Lipinski definition) is 4. The third kappa shape index (κ3) is 7.11. The Bertz CT molecular complexity index is 2580. The lowest BCUT2D eigenvalue weighted by atomic mass is 9.78. The number of nitrogens with one attached hydrogen (secondary N) is 4. The molecule has 4 aromatic rings. The zero-order valence-corrected chi connectivity index (χ0v) is 38.2. The van der Waals surface area contributed by atoms with Crippen LogP contribution < -0.4 is 10.6 Å². The van der Waals surface area contributed by atoms with Gasteiger partial charge in [0.05, 0.1) is 50.1 Å². The van der Waals surface area contributed by atoms with Gasteiger partial charge in [0.2, 0.25) is 11.8 Å². The smallest absolute Gasteiger partial charge is 0.407 e. The summed E-state index contributed by atoms with van der Waals surface area (Å²) < 4.78 is 9.66. The number of ketones is 1. The number of alkyl carbamates (subject to hydrolysis) is 2. The standard InChI is InChI=1S/C50H60N8O7/c1-24(2)42(55-49(62)64-5)47(60)57-19-7-9-36(57)45-51-22-34(53-45)30-15-13-28(38-26-11-12-27(21-26)39(30)38)29-14-16-31(41-33-18-17-32(40(29)41)44(33)59)35-23-52-46(54-35)37-10-8-20-58(37)48(61)43(25(3)4)56-50(63)65-6/h13-16,22-27,32-33,36-37,42-43H,7-12,17-21H2,1-6H3,(H,51,53)(H,52,54)(H,55,62)(H,56,63). The Morgan fingerprint density at radius 2 is 1.03 bits per heavy atom. The van der Waals surface area contributed by atoms with Crippen molar-refractivity contribution in [3.63, 3.8) is 0 Å². The van der Waals surface area contributed by atoms with Crippen molar-refractivity contribution in [3.05, 3.63) is 70.6 Å². The minimum atomic E-state index is -0.723. The molecule has 0 spiro atoms. The Kier molecular flexibility index (Phi) is 11.1. The Balaban J connectivity index is 0.970. The van der Waals surface area contributed by atoms with E-state index in [4.69, 9.17) is 19.4 Å². The maximum absolute atomic E-state index is 14.1. The van der Waals surface area contributed by atoms with Crippen LogP contribution in [-0.4, -0.2) is 98.9 Å². The van der Waals surface area contributed by atoms with Crippen LogP contribution in [0.1, 0.15) is 155 Å². The molecule has 4 aliphatic carbocycles. The number of benzene rings is 2. The molecule has 2 saturated carbocycles. The van der Waals surface area contributed by atoms with Crippen LogP contribution in [0.4, 0.5) is 9.59 Å². The van der Waals surface area contributed by atoms with Crippen LogP contribution in [0.15, 0.2) is 36.7 Å². The molecule has 10 rings (SSSR count). The van der Waals surface area contributed by atoms with E-state index in [2.05, 4.69) is 44.9 Å². The number of imidazole rings is 2. The summed E-state index contributed by atoms with van der Waals surface area (Å²) in [4.78, 5) is 86.9. The van der Waals surface area contributed by atoms with E-state index in [-0.39, 0.29) is 47.6 Å². The first-order valence-electron chi connectivity index (χ1n) is 23.7. The third-order valence-corrected chi connectivity index (χ3v) is 15.5. The molecule has 8 atom stereocenters. The summed E-state index contributed by atoms with van der Waals surface area (Å²) in [6, 6.07) is 6.96. The fraction of sp³-hybridized carbons (Fsp3) is 0.540. The van der Waals surface area contributed by atoms with Crippen LogP contribution >= 0.6 is 0 Å². The van der Waals surface area contributed by atoms with Gasteiger partial charge in [0, 0.05) is 36.1 Å². The van der Waals surface area contributed by atoms with Crippen LogP contribution in [0.2, 0.25) is 0 Å². The maximum Gasteiger partial charge on any atom is 0.407 e. The van der Waals surface area contributed by atoms with Crippen molar-refractivity contribution < 1.29 is 33.4 Å². The molecule has 15 heteroatoms. The summed E-state index contributed by atoms with van der Waals surface area (Å²) in [5, 5.41) is 5.47. The average molecular weight is 885 g/mol. The first-order chi connectivity index (χ1) is 31.4.